The molecule has 9 heteroatoms. The maximum Gasteiger partial charge on any atom is 0.275 e. The van der Waals surface area contributed by atoms with E-state index < -0.39 is 10.0 Å². The van der Waals surface area contributed by atoms with Crippen molar-refractivity contribution in [2.24, 2.45) is 5.92 Å². The summed E-state index contributed by atoms with van der Waals surface area (Å²) in [5.74, 6) is 0.204. The summed E-state index contributed by atoms with van der Waals surface area (Å²) in [6, 6.07) is 8.03. The quantitative estimate of drug-likeness (QED) is 0.657. The molecule has 7 nitrogen and oxygen atoms in total. The Labute approximate surface area is 173 Å². The van der Waals surface area contributed by atoms with Crippen LogP contribution < -0.4 is 5.32 Å². The highest BCUT2D eigenvalue weighted by atomic mass is 32.2. The van der Waals surface area contributed by atoms with E-state index in [1.54, 1.807) is 36.1 Å². The van der Waals surface area contributed by atoms with Crippen LogP contribution in [0, 0.1) is 5.92 Å². The Bertz CT molecular complexity index is 1080. The lowest BCUT2D eigenvalue weighted by Gasteiger charge is -2.29. The molecule has 0 aliphatic carbocycles. The zero-order valence-electron chi connectivity index (χ0n) is 15.9. The van der Waals surface area contributed by atoms with Crippen molar-refractivity contribution in [3.05, 3.63) is 53.9 Å². The average Bonchev–Trinajstić information content (AvgIpc) is 3.40. The van der Waals surface area contributed by atoms with Gasteiger partial charge in [-0.25, -0.2) is 13.4 Å². The SMILES string of the molecule is CC1CCN(S(=O)(=O)c2ccc(NC(=O)c3csc(-c4ccoc4)n3)cc2)CC1. The first kappa shape index (κ1) is 19.8. The molecule has 0 radical (unpaired) electrons. The van der Waals surface area contributed by atoms with E-state index in [0.29, 0.717) is 35.4 Å². The number of hydrogen-bond donors (Lipinski definition) is 1. The number of thiazole rings is 1. The summed E-state index contributed by atoms with van der Waals surface area (Å²) >= 11 is 1.35. The topological polar surface area (TPSA) is 92.5 Å². The van der Waals surface area contributed by atoms with Gasteiger partial charge in [0.25, 0.3) is 5.91 Å². The largest absolute Gasteiger partial charge is 0.472 e. The maximum absolute atomic E-state index is 12.8. The van der Waals surface area contributed by atoms with Gasteiger partial charge in [-0.05, 0) is 49.1 Å². The lowest BCUT2D eigenvalue weighted by molar-refractivity contribution is 0.102. The molecular formula is C20H21N3O4S2. The van der Waals surface area contributed by atoms with Crippen LogP contribution in [0.2, 0.25) is 0 Å². The second kappa shape index (κ2) is 8.10. The zero-order chi connectivity index (χ0) is 20.4. The monoisotopic (exact) mass is 431 g/mol. The van der Waals surface area contributed by atoms with Gasteiger partial charge in [-0.15, -0.1) is 11.3 Å². The third-order valence-corrected chi connectivity index (χ3v) is 7.80. The lowest BCUT2D eigenvalue weighted by Crippen LogP contribution is -2.37. The Kier molecular flexibility index (Phi) is 5.53. The molecule has 1 amide bonds. The predicted molar refractivity (Wildman–Crippen MR) is 111 cm³/mol. The maximum atomic E-state index is 12.8. The highest BCUT2D eigenvalue weighted by Crippen LogP contribution is 2.26. The van der Waals surface area contributed by atoms with Gasteiger partial charge in [-0.1, -0.05) is 6.92 Å². The highest BCUT2D eigenvalue weighted by Gasteiger charge is 2.28. The number of rotatable bonds is 5. The van der Waals surface area contributed by atoms with Crippen LogP contribution in [0.5, 0.6) is 0 Å². The molecule has 4 rings (SSSR count). The Balaban J connectivity index is 1.43. The summed E-state index contributed by atoms with van der Waals surface area (Å²) in [5, 5.41) is 5.12. The molecule has 152 valence electrons. The van der Waals surface area contributed by atoms with E-state index in [9.17, 15) is 13.2 Å². The normalized spacial score (nSPS) is 16.0. The number of nitrogens with zero attached hydrogens (tertiary/aromatic N) is 2. The van der Waals surface area contributed by atoms with Gasteiger partial charge in [0, 0.05) is 29.7 Å². The summed E-state index contributed by atoms with van der Waals surface area (Å²) in [7, 11) is -3.50. The number of furan rings is 1. The Morgan fingerprint density at radius 1 is 1.21 bits per heavy atom. The van der Waals surface area contributed by atoms with E-state index in [4.69, 9.17) is 4.42 Å². The van der Waals surface area contributed by atoms with Crippen LogP contribution in [0.3, 0.4) is 0 Å². The van der Waals surface area contributed by atoms with Crippen LogP contribution in [0.25, 0.3) is 10.6 Å². The first-order chi connectivity index (χ1) is 13.9. The van der Waals surface area contributed by atoms with Gasteiger partial charge in [0.2, 0.25) is 10.0 Å². The molecule has 3 aromatic rings. The van der Waals surface area contributed by atoms with Crippen molar-refractivity contribution in [2.45, 2.75) is 24.7 Å². The number of sulfonamides is 1. The average molecular weight is 432 g/mol. The molecule has 0 bridgehead atoms. The molecule has 1 aliphatic heterocycles. The van der Waals surface area contributed by atoms with Crippen molar-refractivity contribution >= 4 is 33.0 Å². The molecule has 2 aromatic heterocycles. The Morgan fingerprint density at radius 2 is 1.93 bits per heavy atom. The molecule has 0 saturated carbocycles. The van der Waals surface area contributed by atoms with Gasteiger partial charge in [-0.3, -0.25) is 4.79 Å². The lowest BCUT2D eigenvalue weighted by atomic mass is 10.0. The Hall–Kier alpha value is -2.49. The minimum atomic E-state index is -3.50. The third kappa shape index (κ3) is 4.26. The van der Waals surface area contributed by atoms with Crippen molar-refractivity contribution in [1.82, 2.24) is 9.29 Å². The van der Waals surface area contributed by atoms with Gasteiger partial charge in [0.05, 0.1) is 11.2 Å². The molecular weight excluding hydrogens is 410 g/mol. The van der Waals surface area contributed by atoms with Crippen LogP contribution in [0.4, 0.5) is 5.69 Å². The van der Waals surface area contributed by atoms with Gasteiger partial charge in [0.1, 0.15) is 17.0 Å². The van der Waals surface area contributed by atoms with Crippen molar-refractivity contribution in [1.29, 1.82) is 0 Å². The number of amides is 1. The number of benzene rings is 1. The fourth-order valence-electron chi connectivity index (χ4n) is 3.18. The number of anilines is 1. The molecule has 1 N–H and O–H groups in total. The number of nitrogens with one attached hydrogen (secondary N) is 1. The summed E-state index contributed by atoms with van der Waals surface area (Å²) in [5.41, 5.74) is 1.63. The summed E-state index contributed by atoms with van der Waals surface area (Å²) in [6.45, 7) is 3.23. The molecule has 3 heterocycles. The fourth-order valence-corrected chi connectivity index (χ4v) is 5.43. The molecule has 0 spiro atoms. The van der Waals surface area contributed by atoms with Crippen LogP contribution in [0.1, 0.15) is 30.3 Å². The van der Waals surface area contributed by atoms with Gasteiger partial charge >= 0.3 is 0 Å². The minimum absolute atomic E-state index is 0.237. The van der Waals surface area contributed by atoms with Gasteiger partial charge < -0.3 is 9.73 Å². The number of piperidine rings is 1. The second-order valence-corrected chi connectivity index (χ2v) is 9.91. The summed E-state index contributed by atoms with van der Waals surface area (Å²) in [4.78, 5) is 17.0. The van der Waals surface area contributed by atoms with Crippen LogP contribution in [-0.4, -0.2) is 36.7 Å². The summed E-state index contributed by atoms with van der Waals surface area (Å²) < 4.78 is 32.1. The molecule has 1 saturated heterocycles. The summed E-state index contributed by atoms with van der Waals surface area (Å²) in [6.07, 6.45) is 4.88. The number of hydrogen-bond acceptors (Lipinski definition) is 6. The first-order valence-electron chi connectivity index (χ1n) is 9.33. The number of aromatic nitrogens is 1. The number of carbonyl (C=O) groups excluding carboxylic acids is 1. The van der Waals surface area contributed by atoms with E-state index in [1.807, 2.05) is 0 Å². The number of carbonyl (C=O) groups is 1. The van der Waals surface area contributed by atoms with Crippen LogP contribution >= 0.6 is 11.3 Å². The minimum Gasteiger partial charge on any atom is -0.472 e. The van der Waals surface area contributed by atoms with Crippen molar-refractivity contribution in [3.8, 4) is 10.6 Å². The molecule has 29 heavy (non-hydrogen) atoms. The zero-order valence-corrected chi connectivity index (χ0v) is 17.5. The molecule has 0 atom stereocenters. The Morgan fingerprint density at radius 3 is 2.59 bits per heavy atom. The van der Waals surface area contributed by atoms with Gasteiger partial charge in [-0.2, -0.15) is 4.31 Å². The fraction of sp³-hybridized carbons (Fsp3) is 0.300. The van der Waals surface area contributed by atoms with E-state index in [0.717, 1.165) is 18.4 Å². The van der Waals surface area contributed by atoms with Crippen molar-refractivity contribution < 1.29 is 17.6 Å². The van der Waals surface area contributed by atoms with E-state index >= 15 is 0 Å². The molecule has 1 fully saturated rings. The van der Waals surface area contributed by atoms with E-state index in [-0.39, 0.29) is 10.8 Å². The third-order valence-electron chi connectivity index (χ3n) is 5.00. The smallest absolute Gasteiger partial charge is 0.275 e. The highest BCUT2D eigenvalue weighted by molar-refractivity contribution is 7.89. The van der Waals surface area contributed by atoms with E-state index in [2.05, 4.69) is 17.2 Å². The van der Waals surface area contributed by atoms with E-state index in [1.165, 1.54) is 27.8 Å². The van der Waals surface area contributed by atoms with Crippen LogP contribution in [-0.2, 0) is 10.0 Å². The molecule has 1 aromatic carbocycles. The second-order valence-electron chi connectivity index (χ2n) is 7.12. The van der Waals surface area contributed by atoms with Crippen molar-refractivity contribution in [2.75, 3.05) is 18.4 Å². The molecule has 0 unspecified atom stereocenters. The predicted octanol–water partition coefficient (Wildman–Crippen LogP) is 4.08. The van der Waals surface area contributed by atoms with Crippen molar-refractivity contribution in [3.63, 3.8) is 0 Å². The van der Waals surface area contributed by atoms with Gasteiger partial charge in [0.15, 0.2) is 0 Å². The standard InChI is InChI=1S/C20H21N3O4S2/c1-14-6-9-23(10-7-14)29(25,26)17-4-2-16(3-5-17)21-19(24)18-13-28-20(22-18)15-8-11-27-12-15/h2-5,8,11-14H,6-7,9-10H2,1H3,(H,21,24). The van der Waals surface area contributed by atoms with Crippen LogP contribution in [0.15, 0.2) is 57.6 Å². The molecule has 1 aliphatic rings. The first-order valence-corrected chi connectivity index (χ1v) is 11.6.